The number of halogens is 3. The summed E-state index contributed by atoms with van der Waals surface area (Å²) in [7, 11) is 0. The number of hydrogen-bond acceptors (Lipinski definition) is 2. The summed E-state index contributed by atoms with van der Waals surface area (Å²) in [6, 6.07) is 5.72. The second kappa shape index (κ2) is 7.49. The van der Waals surface area contributed by atoms with Crippen molar-refractivity contribution < 1.29 is 13.2 Å². The summed E-state index contributed by atoms with van der Waals surface area (Å²) >= 11 is 5.36. The molecule has 0 atom stereocenters. The maximum Gasteiger partial charge on any atom is 0.416 e. The molecule has 0 spiro atoms. The average Bonchev–Trinajstić information content (AvgIpc) is 2.47. The number of nitrogens with zero attached hydrogens (tertiary/aromatic N) is 2. The summed E-state index contributed by atoms with van der Waals surface area (Å²) in [6.45, 7) is 8.12. The minimum Gasteiger partial charge on any atom is -0.360 e. The van der Waals surface area contributed by atoms with Crippen molar-refractivity contribution >= 4 is 17.3 Å². The number of benzene rings is 1. The number of hydrogen-bond donors (Lipinski definition) is 1. The van der Waals surface area contributed by atoms with Crippen molar-refractivity contribution in [3.63, 3.8) is 0 Å². The Bertz CT molecular complexity index is 520. The standard InChI is InChI=1S/C16H22F3N3S/c1-12(2)20-15(23)22-9-7-21(8-10-22)11-13-3-5-14(6-4-13)16(17,18)19/h3-6,12H,7-11H2,1-2H3,(H,20,23). The van der Waals surface area contributed by atoms with E-state index in [0.29, 0.717) is 12.6 Å². The van der Waals surface area contributed by atoms with E-state index in [-0.39, 0.29) is 0 Å². The van der Waals surface area contributed by atoms with Gasteiger partial charge in [-0.05, 0) is 43.8 Å². The Kier molecular flexibility index (Phi) is 5.86. The van der Waals surface area contributed by atoms with Gasteiger partial charge in [0.05, 0.1) is 5.56 Å². The Balaban J connectivity index is 1.83. The highest BCUT2D eigenvalue weighted by Crippen LogP contribution is 2.29. The van der Waals surface area contributed by atoms with Gasteiger partial charge in [-0.1, -0.05) is 12.1 Å². The molecule has 3 nitrogen and oxygen atoms in total. The molecule has 7 heteroatoms. The van der Waals surface area contributed by atoms with Crippen LogP contribution in [0.3, 0.4) is 0 Å². The molecule has 2 rings (SSSR count). The van der Waals surface area contributed by atoms with Gasteiger partial charge < -0.3 is 10.2 Å². The first kappa shape index (κ1) is 18.0. The molecular weight excluding hydrogens is 323 g/mol. The molecule has 1 N–H and O–H groups in total. The second-order valence-electron chi connectivity index (χ2n) is 6.06. The average molecular weight is 345 g/mol. The van der Waals surface area contributed by atoms with E-state index in [9.17, 15) is 13.2 Å². The molecule has 0 aliphatic carbocycles. The van der Waals surface area contributed by atoms with Crippen LogP contribution >= 0.6 is 12.2 Å². The first-order valence-electron chi connectivity index (χ1n) is 7.69. The van der Waals surface area contributed by atoms with E-state index < -0.39 is 11.7 Å². The normalized spacial score (nSPS) is 16.7. The van der Waals surface area contributed by atoms with E-state index in [1.54, 1.807) is 12.1 Å². The molecule has 1 saturated heterocycles. The molecule has 1 aliphatic heterocycles. The lowest BCUT2D eigenvalue weighted by Crippen LogP contribution is -2.52. The van der Waals surface area contributed by atoms with Crippen LogP contribution in [0.1, 0.15) is 25.0 Å². The van der Waals surface area contributed by atoms with Crippen molar-refractivity contribution in [2.24, 2.45) is 0 Å². The van der Waals surface area contributed by atoms with Crippen LogP contribution in [0.25, 0.3) is 0 Å². The molecule has 1 aromatic carbocycles. The molecule has 1 heterocycles. The minimum atomic E-state index is -4.27. The zero-order chi connectivity index (χ0) is 17.0. The quantitative estimate of drug-likeness (QED) is 0.848. The molecule has 0 aromatic heterocycles. The van der Waals surface area contributed by atoms with E-state index in [4.69, 9.17) is 12.2 Å². The Morgan fingerprint density at radius 1 is 1.13 bits per heavy atom. The van der Waals surface area contributed by atoms with Gasteiger partial charge in [-0.15, -0.1) is 0 Å². The lowest BCUT2D eigenvalue weighted by molar-refractivity contribution is -0.137. The van der Waals surface area contributed by atoms with E-state index >= 15 is 0 Å². The summed E-state index contributed by atoms with van der Waals surface area (Å²) in [5.74, 6) is 0. The van der Waals surface area contributed by atoms with Gasteiger partial charge in [0.1, 0.15) is 0 Å². The van der Waals surface area contributed by atoms with E-state index in [1.165, 1.54) is 0 Å². The maximum absolute atomic E-state index is 12.6. The topological polar surface area (TPSA) is 18.5 Å². The molecule has 23 heavy (non-hydrogen) atoms. The van der Waals surface area contributed by atoms with Crippen LogP contribution in [0.15, 0.2) is 24.3 Å². The highest BCUT2D eigenvalue weighted by Gasteiger charge is 2.30. The molecule has 0 saturated carbocycles. The molecule has 0 radical (unpaired) electrons. The summed E-state index contributed by atoms with van der Waals surface area (Å²) in [6.07, 6.45) is -4.27. The smallest absolute Gasteiger partial charge is 0.360 e. The second-order valence-corrected chi connectivity index (χ2v) is 6.45. The Hall–Kier alpha value is -1.34. The summed E-state index contributed by atoms with van der Waals surface area (Å²) in [5.41, 5.74) is 0.297. The van der Waals surface area contributed by atoms with Crippen LogP contribution in [0.2, 0.25) is 0 Å². The zero-order valence-corrected chi connectivity index (χ0v) is 14.2. The Morgan fingerprint density at radius 2 is 1.70 bits per heavy atom. The third-order valence-corrected chi connectivity index (χ3v) is 4.14. The Labute approximate surface area is 140 Å². The highest BCUT2D eigenvalue weighted by molar-refractivity contribution is 7.80. The maximum atomic E-state index is 12.6. The monoisotopic (exact) mass is 345 g/mol. The van der Waals surface area contributed by atoms with Crippen LogP contribution < -0.4 is 5.32 Å². The highest BCUT2D eigenvalue weighted by atomic mass is 32.1. The van der Waals surface area contributed by atoms with Gasteiger partial charge in [0.15, 0.2) is 5.11 Å². The first-order chi connectivity index (χ1) is 10.8. The van der Waals surface area contributed by atoms with Crippen molar-refractivity contribution in [1.29, 1.82) is 0 Å². The predicted molar refractivity (Wildman–Crippen MR) is 89.2 cm³/mol. The van der Waals surface area contributed by atoms with Gasteiger partial charge in [-0.3, -0.25) is 4.90 Å². The van der Waals surface area contributed by atoms with Gasteiger partial charge in [-0.25, -0.2) is 0 Å². The van der Waals surface area contributed by atoms with E-state index in [1.807, 2.05) is 13.8 Å². The van der Waals surface area contributed by atoms with Gasteiger partial charge in [-0.2, -0.15) is 13.2 Å². The van der Waals surface area contributed by atoms with Crippen LogP contribution in [-0.2, 0) is 12.7 Å². The number of thiocarbonyl (C=S) groups is 1. The fourth-order valence-corrected chi connectivity index (χ4v) is 2.92. The van der Waals surface area contributed by atoms with Crippen molar-refractivity contribution in [1.82, 2.24) is 15.1 Å². The molecule has 0 bridgehead atoms. The molecule has 0 unspecified atom stereocenters. The van der Waals surface area contributed by atoms with Crippen molar-refractivity contribution in [3.05, 3.63) is 35.4 Å². The molecular formula is C16H22F3N3S. The summed E-state index contributed by atoms with van der Waals surface area (Å²) in [4.78, 5) is 4.37. The zero-order valence-electron chi connectivity index (χ0n) is 13.4. The number of rotatable bonds is 3. The van der Waals surface area contributed by atoms with Gasteiger partial charge >= 0.3 is 6.18 Å². The lowest BCUT2D eigenvalue weighted by atomic mass is 10.1. The molecule has 0 amide bonds. The van der Waals surface area contributed by atoms with Gasteiger partial charge in [0.2, 0.25) is 0 Å². The SMILES string of the molecule is CC(C)NC(=S)N1CCN(Cc2ccc(C(F)(F)F)cc2)CC1. The first-order valence-corrected chi connectivity index (χ1v) is 8.10. The van der Waals surface area contributed by atoms with Gasteiger partial charge in [0.25, 0.3) is 0 Å². The van der Waals surface area contributed by atoms with Crippen molar-refractivity contribution in [3.8, 4) is 0 Å². The summed E-state index contributed by atoms with van der Waals surface area (Å²) in [5, 5.41) is 4.00. The van der Waals surface area contributed by atoms with E-state index in [0.717, 1.165) is 49.0 Å². The predicted octanol–water partition coefficient (Wildman–Crippen LogP) is 3.11. The minimum absolute atomic E-state index is 0.313. The molecule has 1 aliphatic rings. The van der Waals surface area contributed by atoms with Crippen LogP contribution in [0, 0.1) is 0 Å². The van der Waals surface area contributed by atoms with E-state index in [2.05, 4.69) is 15.1 Å². The molecule has 128 valence electrons. The van der Waals surface area contributed by atoms with Crippen LogP contribution in [-0.4, -0.2) is 47.1 Å². The van der Waals surface area contributed by atoms with Gasteiger partial charge in [0, 0.05) is 38.8 Å². The van der Waals surface area contributed by atoms with Crippen LogP contribution in [0.4, 0.5) is 13.2 Å². The Morgan fingerprint density at radius 3 is 2.17 bits per heavy atom. The van der Waals surface area contributed by atoms with Crippen LogP contribution in [0.5, 0.6) is 0 Å². The summed E-state index contributed by atoms with van der Waals surface area (Å²) < 4.78 is 37.7. The van der Waals surface area contributed by atoms with Crippen molar-refractivity contribution in [2.45, 2.75) is 32.6 Å². The van der Waals surface area contributed by atoms with Crippen molar-refractivity contribution in [2.75, 3.05) is 26.2 Å². The number of alkyl halides is 3. The fourth-order valence-electron chi connectivity index (χ4n) is 2.50. The fraction of sp³-hybridized carbons (Fsp3) is 0.562. The third-order valence-electron chi connectivity index (χ3n) is 3.76. The third kappa shape index (κ3) is 5.35. The molecule has 1 fully saturated rings. The largest absolute Gasteiger partial charge is 0.416 e. The number of nitrogens with one attached hydrogen (secondary N) is 1. The molecule has 1 aromatic rings. The lowest BCUT2D eigenvalue weighted by Gasteiger charge is -2.36. The number of piperazine rings is 1.